The van der Waals surface area contributed by atoms with Crippen molar-refractivity contribution in [1.82, 2.24) is 0 Å². The minimum atomic E-state index is -3.37. The molecule has 0 saturated carbocycles. The lowest BCUT2D eigenvalue weighted by molar-refractivity contribution is -0.298. The molecule has 0 aromatic rings. The highest BCUT2D eigenvalue weighted by molar-refractivity contribution is 7.27. The third kappa shape index (κ3) is 300. The van der Waals surface area contributed by atoms with Crippen LogP contribution in [0, 0.1) is 0 Å². The van der Waals surface area contributed by atoms with Crippen LogP contribution in [-0.2, 0) is 13.9 Å². The molecule has 0 spiro atoms. The van der Waals surface area contributed by atoms with E-state index in [9.17, 15) is 0 Å². The van der Waals surface area contributed by atoms with E-state index in [2.05, 4.69) is 0 Å². The molecule has 0 saturated heterocycles. The van der Waals surface area contributed by atoms with Gasteiger partial charge in [0.05, 0.1) is 0 Å². The number of rotatable bonds is 2. The van der Waals surface area contributed by atoms with Crippen LogP contribution in [0.4, 0.5) is 0 Å². The number of hydrogen-bond acceptors (Lipinski definition) is 7. The maximum Gasteiger partial charge on any atom is 0.276 e. The van der Waals surface area contributed by atoms with Gasteiger partial charge in [0.2, 0.25) is 0 Å². The molecule has 0 aromatic heterocycles. The summed E-state index contributed by atoms with van der Waals surface area (Å²) in [6.45, 7) is 5.67. The first-order valence-electron chi connectivity index (χ1n) is 3.09. The molecular weight excluding hydrogens is 222 g/mol. The van der Waals surface area contributed by atoms with E-state index in [1.54, 1.807) is 0 Å². The second-order valence-electron chi connectivity index (χ2n) is 1.23. The normalized spacial score (nSPS) is 7.23. The second-order valence-corrected chi connectivity index (χ2v) is 2.12. The molecular formula is C4H10O7P2-2. The predicted molar refractivity (Wildman–Crippen MR) is 37.4 cm³/mol. The van der Waals surface area contributed by atoms with E-state index in [4.69, 9.17) is 33.4 Å². The van der Waals surface area contributed by atoms with Gasteiger partial charge in [-0.2, -0.15) is 0 Å². The van der Waals surface area contributed by atoms with Gasteiger partial charge in [-0.25, -0.2) is 0 Å². The van der Waals surface area contributed by atoms with E-state index in [1.165, 1.54) is 0 Å². The van der Waals surface area contributed by atoms with Crippen molar-refractivity contribution in [2.75, 3.05) is 13.2 Å². The first-order chi connectivity index (χ1) is 5.88. The molecule has 0 aliphatic carbocycles. The summed E-state index contributed by atoms with van der Waals surface area (Å²) in [5.74, 6) is 0. The Labute approximate surface area is 77.9 Å². The van der Waals surface area contributed by atoms with Crippen LogP contribution in [0.5, 0.6) is 0 Å². The molecule has 9 heteroatoms. The molecule has 7 nitrogen and oxygen atoms in total. The average Bonchev–Trinajstić information content (AvgIpc) is 1.86. The maximum atomic E-state index is 8.48. The molecule has 0 N–H and O–H groups in total. The highest BCUT2D eigenvalue weighted by Gasteiger charge is 1.64. The molecule has 0 fully saturated rings. The Kier molecular flexibility index (Phi) is 25.8. The first-order valence-corrected chi connectivity index (χ1v) is 5.28. The fraction of sp³-hybridized carbons (Fsp3) is 1.00. The van der Waals surface area contributed by atoms with Gasteiger partial charge in [-0.15, -0.1) is 0 Å². The van der Waals surface area contributed by atoms with Crippen molar-refractivity contribution in [1.29, 1.82) is 0 Å². The smallest absolute Gasteiger partial charge is 0.276 e. The third-order valence-electron chi connectivity index (χ3n) is 0.408. The molecule has 0 heterocycles. The lowest BCUT2D eigenvalue weighted by Crippen LogP contribution is -1.97. The summed E-state index contributed by atoms with van der Waals surface area (Å²) in [6.07, 6.45) is 0. The Balaban J connectivity index is -0.000000117. The summed E-state index contributed by atoms with van der Waals surface area (Å²) in [6, 6.07) is 0. The Morgan fingerprint density at radius 2 is 1.08 bits per heavy atom. The van der Waals surface area contributed by atoms with Crippen LogP contribution < -0.4 is 19.6 Å². The van der Waals surface area contributed by atoms with E-state index in [1.807, 2.05) is 13.8 Å². The molecule has 0 aliphatic rings. The van der Waals surface area contributed by atoms with Gasteiger partial charge in [-0.3, -0.25) is 0 Å². The number of ether oxygens (including phenoxy) is 1. The molecule has 80 valence electrons. The molecule has 0 amide bonds. The van der Waals surface area contributed by atoms with Gasteiger partial charge in [0.15, 0.2) is 0 Å². The van der Waals surface area contributed by atoms with Crippen LogP contribution in [-0.4, -0.2) is 13.2 Å². The Hall–Kier alpha value is -0.0000000000000000416. The van der Waals surface area contributed by atoms with Crippen molar-refractivity contribution in [3.8, 4) is 0 Å². The van der Waals surface area contributed by atoms with Crippen molar-refractivity contribution in [3.63, 3.8) is 0 Å². The van der Waals surface area contributed by atoms with E-state index in [-0.39, 0.29) is 0 Å². The summed E-state index contributed by atoms with van der Waals surface area (Å²) in [5.41, 5.74) is 0. The van der Waals surface area contributed by atoms with Gasteiger partial charge in [0.1, 0.15) is 0 Å². The van der Waals surface area contributed by atoms with E-state index in [0.29, 0.717) is 0 Å². The zero-order chi connectivity index (χ0) is 11.3. The number of hydrogen-bond donors (Lipinski definition) is 0. The van der Waals surface area contributed by atoms with Crippen molar-refractivity contribution >= 4 is 16.5 Å². The van der Waals surface area contributed by atoms with E-state index in [0.717, 1.165) is 13.2 Å². The average molecular weight is 232 g/mol. The summed E-state index contributed by atoms with van der Waals surface area (Å²) in [4.78, 5) is 33.9. The van der Waals surface area contributed by atoms with Crippen molar-refractivity contribution in [2.24, 2.45) is 0 Å². The van der Waals surface area contributed by atoms with Crippen LogP contribution in [0.25, 0.3) is 0 Å². The first kappa shape index (κ1) is 18.7. The predicted octanol–water partition coefficient (Wildman–Crippen LogP) is -2.23. The van der Waals surface area contributed by atoms with Crippen LogP contribution in [0.2, 0.25) is 0 Å². The molecule has 13 heavy (non-hydrogen) atoms. The van der Waals surface area contributed by atoms with Crippen molar-refractivity contribution in [3.05, 3.63) is 0 Å². The van der Waals surface area contributed by atoms with Gasteiger partial charge in [-0.05, 0) is 13.8 Å². The highest BCUT2D eigenvalue weighted by atomic mass is 31.1. The van der Waals surface area contributed by atoms with Crippen molar-refractivity contribution in [2.45, 2.75) is 13.8 Å². The van der Waals surface area contributed by atoms with Gasteiger partial charge in [0, 0.05) is 13.2 Å². The second kappa shape index (κ2) is 17.9. The molecule has 0 aromatic carbocycles. The summed E-state index contributed by atoms with van der Waals surface area (Å²) < 4.78 is 21.8. The maximum absolute atomic E-state index is 8.48. The van der Waals surface area contributed by atoms with E-state index < -0.39 is 16.5 Å². The zero-order valence-corrected chi connectivity index (χ0v) is 8.96. The quantitative estimate of drug-likeness (QED) is 0.491. The van der Waals surface area contributed by atoms with Gasteiger partial charge >= 0.3 is 0 Å². The van der Waals surface area contributed by atoms with Crippen LogP contribution in [0.15, 0.2) is 0 Å². The minimum Gasteiger partial charge on any atom is -0.598 e. The monoisotopic (exact) mass is 232 g/mol. The molecule has 0 radical (unpaired) electrons. The summed E-state index contributed by atoms with van der Waals surface area (Å²) in [5, 5.41) is 0. The van der Waals surface area contributed by atoms with Crippen molar-refractivity contribution < 1.29 is 33.4 Å². The third-order valence-corrected chi connectivity index (χ3v) is 0.408. The lowest BCUT2D eigenvalue weighted by atomic mass is 10.8. The van der Waals surface area contributed by atoms with Gasteiger partial charge in [0.25, 0.3) is 16.5 Å². The molecule has 0 atom stereocenters. The molecule has 0 rings (SSSR count). The van der Waals surface area contributed by atoms with Crippen LogP contribution in [0.1, 0.15) is 13.8 Å². The Morgan fingerprint density at radius 3 is 1.08 bits per heavy atom. The molecule has 0 unspecified atom stereocenters. The SMILES string of the molecule is CCOCC.O=[P+]([O-])[O-].O=[P+]([O-])[O-]. The minimum absolute atomic E-state index is 0.844. The van der Waals surface area contributed by atoms with Crippen LogP contribution in [0.3, 0.4) is 0 Å². The summed E-state index contributed by atoms with van der Waals surface area (Å²) in [7, 11) is -6.74. The van der Waals surface area contributed by atoms with Crippen LogP contribution >= 0.6 is 16.5 Å². The van der Waals surface area contributed by atoms with Gasteiger partial charge in [-0.1, -0.05) is 9.13 Å². The van der Waals surface area contributed by atoms with E-state index >= 15 is 0 Å². The lowest BCUT2D eigenvalue weighted by Gasteiger charge is -1.86. The fourth-order valence-corrected chi connectivity index (χ4v) is 0.204. The standard InChI is InChI=1S/C4H10O.2HO3P/c1-3-5-4-2;2*1-4(2)3/h3-4H2,1-2H3;2*(H,1,2,3)/p-2. The zero-order valence-electron chi connectivity index (χ0n) is 7.17. The topological polar surface area (TPSA) is 136 Å². The Morgan fingerprint density at radius 1 is 0.923 bits per heavy atom. The van der Waals surface area contributed by atoms with Gasteiger partial charge < -0.3 is 24.3 Å². The highest BCUT2D eigenvalue weighted by Crippen LogP contribution is 1.80. The Bertz CT molecular complexity index is 106. The fourth-order valence-electron chi connectivity index (χ4n) is 0.204. The summed E-state index contributed by atoms with van der Waals surface area (Å²) >= 11 is 0. The largest absolute Gasteiger partial charge is 0.598 e. The molecule has 0 bridgehead atoms. The molecule has 0 aliphatic heterocycles.